The molecule has 0 saturated carbocycles. The lowest BCUT2D eigenvalue weighted by atomic mass is 10.1. The van der Waals surface area contributed by atoms with Crippen molar-refractivity contribution in [2.24, 2.45) is 7.05 Å². The number of nitrogens with zero attached hydrogens (tertiary/aromatic N) is 2. The number of carbonyl (C=O) groups is 1. The van der Waals surface area contributed by atoms with Crippen molar-refractivity contribution in [2.75, 3.05) is 6.54 Å². The molecule has 0 unspecified atom stereocenters. The number of fused-ring (bicyclic) bond motifs is 1. The average Bonchev–Trinajstić information content (AvgIpc) is 2.90. The maximum atomic E-state index is 12.2. The molecule has 4 nitrogen and oxygen atoms in total. The van der Waals surface area contributed by atoms with Gasteiger partial charge in [0.25, 0.3) is 5.91 Å². The Morgan fingerprint density at radius 2 is 2.00 bits per heavy atom. The summed E-state index contributed by atoms with van der Waals surface area (Å²) in [6.07, 6.45) is 2.52. The van der Waals surface area contributed by atoms with Gasteiger partial charge in [0.2, 0.25) is 0 Å². The summed E-state index contributed by atoms with van der Waals surface area (Å²) < 4.78 is 1.93. The number of carbonyl (C=O) groups excluding carboxylic acids is 1. The maximum Gasteiger partial charge on any atom is 0.251 e. The Morgan fingerprint density at radius 3 is 2.77 bits per heavy atom. The number of nitrogens with one attached hydrogen (secondary N) is 1. The molecule has 112 valence electrons. The Bertz CT molecular complexity index is 808. The molecule has 0 aliphatic rings. The van der Waals surface area contributed by atoms with Gasteiger partial charge in [-0.2, -0.15) is 0 Å². The summed E-state index contributed by atoms with van der Waals surface area (Å²) in [4.78, 5) is 16.4. The molecule has 0 saturated heterocycles. The number of amides is 1. The number of hydrogen-bond donors (Lipinski definition) is 1. The van der Waals surface area contributed by atoms with E-state index in [1.807, 2.05) is 54.1 Å². The van der Waals surface area contributed by atoms with Gasteiger partial charge in [0.05, 0.1) is 17.4 Å². The van der Waals surface area contributed by atoms with Crippen LogP contribution in [0.15, 0.2) is 48.8 Å². The maximum absolute atomic E-state index is 12.2. The van der Waals surface area contributed by atoms with Crippen LogP contribution in [0.5, 0.6) is 0 Å². The highest BCUT2D eigenvalue weighted by atomic mass is 35.5. The number of rotatable bonds is 4. The highest BCUT2D eigenvalue weighted by molar-refractivity contribution is 6.30. The summed E-state index contributed by atoms with van der Waals surface area (Å²) in [5, 5.41) is 3.65. The predicted octanol–water partition coefficient (Wildman–Crippen LogP) is 3.20. The zero-order valence-corrected chi connectivity index (χ0v) is 13.0. The molecule has 1 amide bonds. The molecular weight excluding hydrogens is 298 g/mol. The largest absolute Gasteiger partial charge is 0.352 e. The fourth-order valence-corrected chi connectivity index (χ4v) is 2.48. The molecule has 1 aromatic heterocycles. The fraction of sp³-hybridized carbons (Fsp3) is 0.176. The third-order valence-corrected chi connectivity index (χ3v) is 3.85. The lowest BCUT2D eigenvalue weighted by molar-refractivity contribution is 0.0954. The van der Waals surface area contributed by atoms with Crippen LogP contribution in [-0.4, -0.2) is 22.0 Å². The first kappa shape index (κ1) is 14.6. The number of halogens is 1. The predicted molar refractivity (Wildman–Crippen MR) is 88.2 cm³/mol. The molecule has 1 N–H and O–H groups in total. The lowest BCUT2D eigenvalue weighted by Gasteiger charge is -2.06. The number of aromatic nitrogens is 2. The van der Waals surface area contributed by atoms with E-state index in [1.54, 1.807) is 6.33 Å². The molecule has 0 radical (unpaired) electrons. The molecule has 0 bridgehead atoms. The van der Waals surface area contributed by atoms with Gasteiger partial charge in [0.15, 0.2) is 0 Å². The van der Waals surface area contributed by atoms with E-state index < -0.39 is 0 Å². The number of aryl methyl sites for hydroxylation is 1. The van der Waals surface area contributed by atoms with Crippen LogP contribution in [0.3, 0.4) is 0 Å². The zero-order valence-electron chi connectivity index (χ0n) is 12.2. The van der Waals surface area contributed by atoms with Gasteiger partial charge in [-0.15, -0.1) is 0 Å². The average molecular weight is 314 g/mol. The van der Waals surface area contributed by atoms with Crippen LogP contribution in [0.4, 0.5) is 0 Å². The first-order chi connectivity index (χ1) is 10.6. The van der Waals surface area contributed by atoms with E-state index in [1.165, 1.54) is 0 Å². The van der Waals surface area contributed by atoms with Crippen molar-refractivity contribution in [2.45, 2.75) is 6.42 Å². The minimum absolute atomic E-state index is 0.0819. The second-order valence-corrected chi connectivity index (χ2v) is 5.63. The summed E-state index contributed by atoms with van der Waals surface area (Å²) in [6, 6.07) is 13.2. The Labute approximate surface area is 133 Å². The first-order valence-electron chi connectivity index (χ1n) is 7.07. The second kappa shape index (κ2) is 6.20. The molecule has 0 aliphatic heterocycles. The van der Waals surface area contributed by atoms with Crippen LogP contribution in [0, 0.1) is 0 Å². The third kappa shape index (κ3) is 3.12. The summed E-state index contributed by atoms with van der Waals surface area (Å²) in [5.74, 6) is -0.0819. The molecular formula is C17H16ClN3O. The van der Waals surface area contributed by atoms with E-state index in [0.717, 1.165) is 28.0 Å². The highest BCUT2D eigenvalue weighted by Gasteiger charge is 2.08. The van der Waals surface area contributed by atoms with Crippen molar-refractivity contribution < 1.29 is 4.79 Å². The highest BCUT2D eigenvalue weighted by Crippen LogP contribution is 2.14. The van der Waals surface area contributed by atoms with E-state index in [-0.39, 0.29) is 5.91 Å². The standard InChI is InChI=1S/C17H16ClN3O/c1-21-11-20-15-10-13(4-7-16(15)21)17(22)19-9-8-12-2-5-14(18)6-3-12/h2-7,10-11H,8-9H2,1H3,(H,19,22). The molecule has 3 aromatic rings. The smallest absolute Gasteiger partial charge is 0.251 e. The minimum atomic E-state index is -0.0819. The molecule has 0 spiro atoms. The normalized spacial score (nSPS) is 10.8. The van der Waals surface area contributed by atoms with Crippen LogP contribution < -0.4 is 5.32 Å². The monoisotopic (exact) mass is 313 g/mol. The summed E-state index contributed by atoms with van der Waals surface area (Å²) in [7, 11) is 1.93. The summed E-state index contributed by atoms with van der Waals surface area (Å²) in [6.45, 7) is 0.584. The molecule has 0 aliphatic carbocycles. The van der Waals surface area contributed by atoms with Gasteiger partial charge >= 0.3 is 0 Å². The quantitative estimate of drug-likeness (QED) is 0.804. The SMILES string of the molecule is Cn1cnc2cc(C(=O)NCCc3ccc(Cl)cc3)ccc21. The lowest BCUT2D eigenvalue weighted by Crippen LogP contribution is -2.25. The van der Waals surface area contributed by atoms with Crippen LogP contribution in [0.2, 0.25) is 5.02 Å². The van der Waals surface area contributed by atoms with Crippen LogP contribution in [-0.2, 0) is 13.5 Å². The van der Waals surface area contributed by atoms with E-state index in [0.29, 0.717) is 12.1 Å². The summed E-state index contributed by atoms with van der Waals surface area (Å²) in [5.41, 5.74) is 3.61. The van der Waals surface area contributed by atoms with Gasteiger partial charge in [-0.1, -0.05) is 23.7 Å². The van der Waals surface area contributed by atoms with Gasteiger partial charge in [-0.05, 0) is 42.3 Å². The molecule has 5 heteroatoms. The molecule has 0 fully saturated rings. The molecule has 22 heavy (non-hydrogen) atoms. The molecule has 1 heterocycles. The van der Waals surface area contributed by atoms with Crippen molar-refractivity contribution in [1.82, 2.24) is 14.9 Å². The van der Waals surface area contributed by atoms with Crippen molar-refractivity contribution in [3.8, 4) is 0 Å². The van der Waals surface area contributed by atoms with E-state index in [9.17, 15) is 4.79 Å². The van der Waals surface area contributed by atoms with Gasteiger partial charge in [-0.25, -0.2) is 4.98 Å². The first-order valence-corrected chi connectivity index (χ1v) is 7.45. The van der Waals surface area contributed by atoms with Crippen LogP contribution >= 0.6 is 11.6 Å². The number of hydrogen-bond acceptors (Lipinski definition) is 2. The van der Waals surface area contributed by atoms with E-state index in [4.69, 9.17) is 11.6 Å². The van der Waals surface area contributed by atoms with Crippen molar-refractivity contribution in [1.29, 1.82) is 0 Å². The van der Waals surface area contributed by atoms with Crippen molar-refractivity contribution in [3.63, 3.8) is 0 Å². The van der Waals surface area contributed by atoms with Crippen LogP contribution in [0.1, 0.15) is 15.9 Å². The van der Waals surface area contributed by atoms with Crippen molar-refractivity contribution >= 4 is 28.5 Å². The van der Waals surface area contributed by atoms with Gasteiger partial charge in [-0.3, -0.25) is 4.79 Å². The molecule has 0 atom stereocenters. The topological polar surface area (TPSA) is 46.9 Å². The minimum Gasteiger partial charge on any atom is -0.352 e. The zero-order chi connectivity index (χ0) is 15.5. The van der Waals surface area contributed by atoms with E-state index in [2.05, 4.69) is 10.3 Å². The van der Waals surface area contributed by atoms with Crippen LogP contribution in [0.25, 0.3) is 11.0 Å². The molecule has 2 aromatic carbocycles. The summed E-state index contributed by atoms with van der Waals surface area (Å²) >= 11 is 5.85. The Kier molecular flexibility index (Phi) is 4.11. The number of imidazole rings is 1. The van der Waals surface area contributed by atoms with Gasteiger partial charge in [0, 0.05) is 24.2 Å². The number of benzene rings is 2. The van der Waals surface area contributed by atoms with Gasteiger partial charge in [0.1, 0.15) is 0 Å². The van der Waals surface area contributed by atoms with Crippen molar-refractivity contribution in [3.05, 3.63) is 64.9 Å². The Morgan fingerprint density at radius 1 is 1.23 bits per heavy atom. The second-order valence-electron chi connectivity index (χ2n) is 5.19. The third-order valence-electron chi connectivity index (χ3n) is 3.60. The van der Waals surface area contributed by atoms with E-state index >= 15 is 0 Å². The fourth-order valence-electron chi connectivity index (χ4n) is 2.35. The molecule has 3 rings (SSSR count). The van der Waals surface area contributed by atoms with Gasteiger partial charge < -0.3 is 9.88 Å². The Hall–Kier alpha value is -2.33. The Balaban J connectivity index is 1.62.